The van der Waals surface area contributed by atoms with E-state index in [2.05, 4.69) is 5.32 Å². The van der Waals surface area contributed by atoms with Crippen molar-refractivity contribution in [1.29, 1.82) is 0 Å². The summed E-state index contributed by atoms with van der Waals surface area (Å²) >= 11 is 0. The van der Waals surface area contributed by atoms with Crippen LogP contribution in [-0.2, 0) is 9.59 Å². The second-order valence-electron chi connectivity index (χ2n) is 6.11. The molecule has 1 aliphatic heterocycles. The number of hydrogen-bond acceptors (Lipinski definition) is 2. The number of nitrogens with zero attached hydrogens (tertiary/aromatic N) is 1. The summed E-state index contributed by atoms with van der Waals surface area (Å²) in [7, 11) is 1.58. The summed E-state index contributed by atoms with van der Waals surface area (Å²) in [5, 5.41) is 2.73. The van der Waals surface area contributed by atoms with Gasteiger partial charge in [-0.05, 0) is 36.8 Å². The Labute approximate surface area is 144 Å². The second-order valence-corrected chi connectivity index (χ2v) is 6.11. The maximum Gasteiger partial charge on any atom is 0.229 e. The van der Waals surface area contributed by atoms with Crippen molar-refractivity contribution in [2.45, 2.75) is 18.9 Å². The first kappa shape index (κ1) is 17.1. The van der Waals surface area contributed by atoms with Crippen molar-refractivity contribution in [3.8, 4) is 0 Å². The maximum absolute atomic E-state index is 14.3. The molecule has 0 unspecified atom stereocenters. The first-order chi connectivity index (χ1) is 12.0. The smallest absolute Gasteiger partial charge is 0.229 e. The lowest BCUT2D eigenvalue weighted by molar-refractivity contribution is -0.140. The van der Waals surface area contributed by atoms with E-state index < -0.39 is 23.6 Å². The van der Waals surface area contributed by atoms with Crippen molar-refractivity contribution in [3.63, 3.8) is 0 Å². The van der Waals surface area contributed by atoms with Crippen LogP contribution < -0.4 is 5.32 Å². The highest BCUT2D eigenvalue weighted by atomic mass is 19.1. The van der Waals surface area contributed by atoms with Gasteiger partial charge in [-0.3, -0.25) is 9.59 Å². The Balaban J connectivity index is 1.89. The molecule has 3 rings (SSSR count). The van der Waals surface area contributed by atoms with E-state index in [0.717, 1.165) is 0 Å². The van der Waals surface area contributed by atoms with E-state index in [9.17, 15) is 18.4 Å². The molecule has 0 aliphatic carbocycles. The zero-order chi connectivity index (χ0) is 18.0. The van der Waals surface area contributed by atoms with Crippen molar-refractivity contribution >= 4 is 17.5 Å². The molecule has 1 N–H and O–H groups in total. The Hall–Kier alpha value is -2.76. The highest BCUT2D eigenvalue weighted by Crippen LogP contribution is 2.37. The topological polar surface area (TPSA) is 49.4 Å². The van der Waals surface area contributed by atoms with Crippen LogP contribution in [0, 0.1) is 17.6 Å². The van der Waals surface area contributed by atoms with Gasteiger partial charge in [0.05, 0.1) is 12.0 Å². The lowest BCUT2D eigenvalue weighted by atomic mass is 9.83. The minimum atomic E-state index is -0.678. The van der Waals surface area contributed by atoms with Crippen molar-refractivity contribution in [2.75, 3.05) is 12.4 Å². The second kappa shape index (κ2) is 7.01. The highest BCUT2D eigenvalue weighted by Gasteiger charge is 2.40. The first-order valence-electron chi connectivity index (χ1n) is 8.04. The van der Waals surface area contributed by atoms with Crippen LogP contribution in [0.4, 0.5) is 14.5 Å². The number of amides is 2. The Morgan fingerprint density at radius 1 is 1.12 bits per heavy atom. The zero-order valence-electron chi connectivity index (χ0n) is 13.7. The Morgan fingerprint density at radius 2 is 1.80 bits per heavy atom. The molecule has 0 spiro atoms. The molecule has 1 fully saturated rings. The van der Waals surface area contributed by atoms with Crippen LogP contribution in [0.3, 0.4) is 0 Å². The van der Waals surface area contributed by atoms with E-state index in [-0.39, 0.29) is 18.2 Å². The van der Waals surface area contributed by atoms with E-state index in [4.69, 9.17) is 0 Å². The molecule has 2 atom stereocenters. The molecular weight excluding hydrogens is 326 g/mol. The maximum atomic E-state index is 14.3. The average Bonchev–Trinajstić information content (AvgIpc) is 2.60. The molecule has 1 heterocycles. The van der Waals surface area contributed by atoms with Crippen molar-refractivity contribution in [1.82, 2.24) is 4.90 Å². The van der Waals surface area contributed by atoms with E-state index in [1.54, 1.807) is 25.2 Å². The molecule has 0 saturated carbocycles. The third-order valence-electron chi connectivity index (χ3n) is 4.53. The number of piperidine rings is 1. The standard InChI is InChI=1S/C19H18F2N2O2/c1-23-17(24)11-10-15(18(23)14-4-2-3-5-16(14)21)19(25)22-13-8-6-12(20)7-9-13/h2-9,15,18H,10-11H2,1H3,(H,22,25)/t15-,18-/m0/s1. The van der Waals surface area contributed by atoms with Crippen molar-refractivity contribution in [2.24, 2.45) is 5.92 Å². The largest absolute Gasteiger partial charge is 0.338 e. The molecule has 4 nitrogen and oxygen atoms in total. The van der Waals surface area contributed by atoms with Crippen LogP contribution in [0.5, 0.6) is 0 Å². The van der Waals surface area contributed by atoms with Gasteiger partial charge in [-0.2, -0.15) is 0 Å². The molecule has 1 saturated heterocycles. The van der Waals surface area contributed by atoms with Gasteiger partial charge in [0.1, 0.15) is 11.6 Å². The van der Waals surface area contributed by atoms with E-state index in [1.807, 2.05) is 0 Å². The zero-order valence-corrected chi connectivity index (χ0v) is 13.7. The molecule has 130 valence electrons. The predicted octanol–water partition coefficient (Wildman–Crippen LogP) is 3.51. The summed E-state index contributed by atoms with van der Waals surface area (Å²) in [6, 6.07) is 10.9. The predicted molar refractivity (Wildman–Crippen MR) is 89.7 cm³/mol. The summed E-state index contributed by atoms with van der Waals surface area (Å²) < 4.78 is 27.3. The molecule has 0 aromatic heterocycles. The number of carbonyl (C=O) groups is 2. The number of rotatable bonds is 3. The van der Waals surface area contributed by atoms with Gasteiger partial charge < -0.3 is 10.2 Å². The van der Waals surface area contributed by atoms with Crippen LogP contribution in [0.25, 0.3) is 0 Å². The first-order valence-corrected chi connectivity index (χ1v) is 8.04. The fourth-order valence-corrected chi connectivity index (χ4v) is 3.22. The van der Waals surface area contributed by atoms with Gasteiger partial charge in [-0.15, -0.1) is 0 Å². The SMILES string of the molecule is CN1C(=O)CC[C@H](C(=O)Nc2ccc(F)cc2)[C@@H]1c1ccccc1F. The number of benzene rings is 2. The Bertz CT molecular complexity index is 792. The van der Waals surface area contributed by atoms with Gasteiger partial charge in [-0.1, -0.05) is 18.2 Å². The summed E-state index contributed by atoms with van der Waals surface area (Å²) in [5.41, 5.74) is 0.774. The molecule has 0 radical (unpaired) electrons. The molecule has 0 bridgehead atoms. The number of halogens is 2. The lowest BCUT2D eigenvalue weighted by Gasteiger charge is -2.38. The van der Waals surface area contributed by atoms with Gasteiger partial charge in [-0.25, -0.2) is 8.78 Å². The number of carbonyl (C=O) groups excluding carboxylic acids is 2. The Kier molecular flexibility index (Phi) is 4.79. The number of hydrogen-bond donors (Lipinski definition) is 1. The van der Waals surface area contributed by atoms with Gasteiger partial charge in [0.2, 0.25) is 11.8 Å². The van der Waals surface area contributed by atoms with E-state index in [1.165, 1.54) is 35.2 Å². The third-order valence-corrected chi connectivity index (χ3v) is 4.53. The number of anilines is 1. The molecule has 6 heteroatoms. The summed E-state index contributed by atoms with van der Waals surface area (Å²) in [5.74, 6) is -1.89. The van der Waals surface area contributed by atoms with E-state index in [0.29, 0.717) is 17.7 Å². The molecule has 2 aromatic carbocycles. The van der Waals surface area contributed by atoms with Crippen molar-refractivity contribution in [3.05, 3.63) is 65.7 Å². The monoisotopic (exact) mass is 344 g/mol. The Morgan fingerprint density at radius 3 is 2.48 bits per heavy atom. The fourth-order valence-electron chi connectivity index (χ4n) is 3.22. The molecule has 25 heavy (non-hydrogen) atoms. The molecule has 2 aromatic rings. The average molecular weight is 344 g/mol. The summed E-state index contributed by atoms with van der Waals surface area (Å²) in [6.45, 7) is 0. The summed E-state index contributed by atoms with van der Waals surface area (Å²) in [6.07, 6.45) is 0.554. The van der Waals surface area contributed by atoms with Gasteiger partial charge in [0.25, 0.3) is 0 Å². The van der Waals surface area contributed by atoms with Crippen LogP contribution >= 0.6 is 0 Å². The van der Waals surface area contributed by atoms with Crippen LogP contribution in [0.15, 0.2) is 48.5 Å². The van der Waals surface area contributed by atoms with Crippen LogP contribution in [0.1, 0.15) is 24.4 Å². The number of nitrogens with one attached hydrogen (secondary N) is 1. The normalized spacial score (nSPS) is 20.4. The molecule has 2 amide bonds. The molecule has 1 aliphatic rings. The third kappa shape index (κ3) is 3.52. The quantitative estimate of drug-likeness (QED) is 0.926. The minimum Gasteiger partial charge on any atom is -0.338 e. The number of likely N-dealkylation sites (tertiary alicyclic amines) is 1. The highest BCUT2D eigenvalue weighted by molar-refractivity contribution is 5.94. The molecular formula is C19H18F2N2O2. The summed E-state index contributed by atoms with van der Waals surface area (Å²) in [4.78, 5) is 26.2. The van der Waals surface area contributed by atoms with Crippen molar-refractivity contribution < 1.29 is 18.4 Å². The van der Waals surface area contributed by atoms with Gasteiger partial charge >= 0.3 is 0 Å². The van der Waals surface area contributed by atoms with Crippen LogP contribution in [-0.4, -0.2) is 23.8 Å². The lowest BCUT2D eigenvalue weighted by Crippen LogP contribution is -2.44. The van der Waals surface area contributed by atoms with Gasteiger partial charge in [0.15, 0.2) is 0 Å². The fraction of sp³-hybridized carbons (Fsp3) is 0.263. The van der Waals surface area contributed by atoms with Crippen LogP contribution in [0.2, 0.25) is 0 Å². The van der Waals surface area contributed by atoms with E-state index >= 15 is 0 Å². The minimum absolute atomic E-state index is 0.126. The van der Waals surface area contributed by atoms with Gasteiger partial charge in [0, 0.05) is 24.7 Å².